The molecule has 1 aromatic heterocycles. The third-order valence-corrected chi connectivity index (χ3v) is 7.86. The van der Waals surface area contributed by atoms with Gasteiger partial charge in [0.1, 0.15) is 12.3 Å². The quantitative estimate of drug-likeness (QED) is 0.323. The molecule has 1 aromatic carbocycles. The van der Waals surface area contributed by atoms with Gasteiger partial charge >= 0.3 is 19.3 Å². The number of hydrogen-bond donors (Lipinski definition) is 2. The molecule has 0 saturated carbocycles. The van der Waals surface area contributed by atoms with Crippen molar-refractivity contribution in [3.05, 3.63) is 68.2 Å². The predicted molar refractivity (Wildman–Crippen MR) is 131 cm³/mol. The number of aliphatic hydroxyl groups excluding tert-OH is 1. The summed E-state index contributed by atoms with van der Waals surface area (Å²) in [7, 11) is -3.92. The summed E-state index contributed by atoms with van der Waals surface area (Å²) in [5, 5.41) is 10.5. The molecule has 1 fully saturated rings. The predicted octanol–water partition coefficient (Wildman–Crippen LogP) is 2.65. The largest absolute Gasteiger partial charge is 0.463 e. The molecule has 0 amide bonds. The number of aromatic nitrogens is 2. The number of aromatic amines is 1. The molecule has 0 bridgehead atoms. The summed E-state index contributed by atoms with van der Waals surface area (Å²) in [4.78, 5) is 37.5. The minimum absolute atomic E-state index is 0.0430. The van der Waals surface area contributed by atoms with E-state index in [0.29, 0.717) is 6.20 Å². The fourth-order valence-corrected chi connectivity index (χ4v) is 5.55. The fourth-order valence-electron chi connectivity index (χ4n) is 3.74. The second-order valence-electron chi connectivity index (χ2n) is 9.25. The second kappa shape index (κ2) is 12.3. The van der Waals surface area contributed by atoms with Crippen molar-refractivity contribution in [2.75, 3.05) is 12.8 Å². The van der Waals surface area contributed by atoms with Crippen LogP contribution in [0.1, 0.15) is 44.5 Å². The van der Waals surface area contributed by atoms with E-state index in [1.165, 1.54) is 0 Å². The van der Waals surface area contributed by atoms with Crippen LogP contribution in [0.4, 0.5) is 4.39 Å². The van der Waals surface area contributed by atoms with Gasteiger partial charge in [0.05, 0.1) is 43.7 Å². The van der Waals surface area contributed by atoms with Crippen LogP contribution in [0.25, 0.3) is 0 Å². The molecular formula is C24H32FN2O9P. The number of rotatable bonds is 11. The number of nitrogens with zero attached hydrogens (tertiary/aromatic N) is 1. The minimum Gasteiger partial charge on any atom is -0.463 e. The van der Waals surface area contributed by atoms with Crippen molar-refractivity contribution >= 4 is 13.6 Å². The number of aryl methyl sites for hydroxylation is 1. The minimum atomic E-state index is -3.92. The van der Waals surface area contributed by atoms with E-state index in [4.69, 9.17) is 18.5 Å². The molecule has 0 aliphatic carbocycles. The first kappa shape index (κ1) is 28.9. The smallest absolute Gasteiger partial charge is 0.331 e. The summed E-state index contributed by atoms with van der Waals surface area (Å²) in [5.74, 6) is -2.56. The Hall–Kier alpha value is -2.63. The molecule has 1 aliphatic rings. The summed E-state index contributed by atoms with van der Waals surface area (Å²) >= 11 is 0. The molecular weight excluding hydrogens is 510 g/mol. The van der Waals surface area contributed by atoms with Crippen LogP contribution in [0.5, 0.6) is 0 Å². The Morgan fingerprint density at radius 1 is 1.27 bits per heavy atom. The van der Waals surface area contributed by atoms with E-state index in [-0.39, 0.29) is 25.3 Å². The van der Waals surface area contributed by atoms with Crippen molar-refractivity contribution in [1.29, 1.82) is 0 Å². The second-order valence-corrected chi connectivity index (χ2v) is 11.4. The lowest BCUT2D eigenvalue weighted by Crippen LogP contribution is -2.34. The first-order chi connectivity index (χ1) is 17.4. The van der Waals surface area contributed by atoms with Gasteiger partial charge in [-0.05, 0) is 31.9 Å². The third kappa shape index (κ3) is 7.68. The molecule has 2 aromatic rings. The van der Waals surface area contributed by atoms with Crippen molar-refractivity contribution in [1.82, 2.24) is 9.55 Å². The van der Waals surface area contributed by atoms with Crippen molar-refractivity contribution in [2.24, 2.45) is 5.92 Å². The van der Waals surface area contributed by atoms with E-state index in [2.05, 4.69) is 0 Å². The average Bonchev–Trinajstić information content (AvgIpc) is 3.19. The molecule has 1 saturated heterocycles. The normalized spacial score (nSPS) is 22.1. The zero-order valence-corrected chi connectivity index (χ0v) is 22.0. The van der Waals surface area contributed by atoms with E-state index >= 15 is 0 Å². The maximum atomic E-state index is 13.7. The molecule has 3 rings (SSSR count). The number of halogens is 1. The Balaban J connectivity index is 1.73. The monoisotopic (exact) mass is 542 g/mol. The van der Waals surface area contributed by atoms with E-state index in [9.17, 15) is 28.4 Å². The SMILES string of the molecule is Cc1ccccc1COP(=O)(C[C@@H](C)C(=O)OC(C)C)OCC1OC(n2cc(F)c(=O)[nH]c2=O)CC1O. The van der Waals surface area contributed by atoms with E-state index in [0.717, 1.165) is 15.7 Å². The van der Waals surface area contributed by atoms with Gasteiger partial charge in [-0.1, -0.05) is 31.2 Å². The third-order valence-electron chi connectivity index (χ3n) is 5.80. The number of carbonyl (C=O) groups excluding carboxylic acids is 1. The lowest BCUT2D eigenvalue weighted by atomic mass is 10.1. The van der Waals surface area contributed by atoms with Crippen LogP contribution in [0.3, 0.4) is 0 Å². The molecule has 13 heteroatoms. The fraction of sp³-hybridized carbons (Fsp3) is 0.542. The number of carbonyl (C=O) groups is 1. The molecule has 37 heavy (non-hydrogen) atoms. The maximum absolute atomic E-state index is 13.7. The van der Waals surface area contributed by atoms with Gasteiger partial charge in [-0.25, -0.2) is 4.79 Å². The van der Waals surface area contributed by atoms with Crippen molar-refractivity contribution in [3.63, 3.8) is 0 Å². The lowest BCUT2D eigenvalue weighted by molar-refractivity contribution is -0.151. The van der Waals surface area contributed by atoms with Crippen molar-refractivity contribution < 1.29 is 37.4 Å². The Morgan fingerprint density at radius 3 is 2.65 bits per heavy atom. The molecule has 2 N–H and O–H groups in total. The van der Waals surface area contributed by atoms with Gasteiger partial charge in [0.25, 0.3) is 5.56 Å². The summed E-state index contributed by atoms with van der Waals surface area (Å²) in [6.45, 7) is 6.38. The summed E-state index contributed by atoms with van der Waals surface area (Å²) in [6, 6.07) is 7.35. The molecule has 11 nitrogen and oxygen atoms in total. The standard InChI is InChI=1S/C24H32FN2O9P/c1-14(2)35-23(30)16(4)13-37(32,33-11-17-8-6-5-7-15(17)3)34-12-20-19(28)9-21(36-20)27-10-18(25)22(29)26-24(27)31/h5-8,10,14,16,19-21,28H,9,11-13H2,1-4H3,(H,26,29,31)/t16-,19?,20?,21?,37?/m1/s1. The molecule has 0 spiro atoms. The van der Waals surface area contributed by atoms with Crippen LogP contribution in [-0.4, -0.2) is 51.7 Å². The van der Waals surface area contributed by atoms with Gasteiger partial charge in [0.15, 0.2) is 0 Å². The molecule has 5 atom stereocenters. The summed E-state index contributed by atoms with van der Waals surface area (Å²) in [6.07, 6.45) is -3.33. The topological polar surface area (TPSA) is 146 Å². The highest BCUT2D eigenvalue weighted by Gasteiger charge is 2.39. The highest BCUT2D eigenvalue weighted by molar-refractivity contribution is 7.53. The number of aliphatic hydroxyl groups is 1. The van der Waals surface area contributed by atoms with Gasteiger partial charge in [-0.15, -0.1) is 0 Å². The maximum Gasteiger partial charge on any atom is 0.331 e. The van der Waals surface area contributed by atoms with Gasteiger partial charge in [0.2, 0.25) is 5.82 Å². The van der Waals surface area contributed by atoms with Crippen molar-refractivity contribution in [3.8, 4) is 0 Å². The molecule has 1 aliphatic heterocycles. The number of H-pyrrole nitrogens is 1. The number of ether oxygens (including phenoxy) is 2. The lowest BCUT2D eigenvalue weighted by Gasteiger charge is -2.24. The van der Waals surface area contributed by atoms with Crippen LogP contribution in [-0.2, 0) is 34.5 Å². The van der Waals surface area contributed by atoms with E-state index in [1.54, 1.807) is 20.8 Å². The first-order valence-electron chi connectivity index (χ1n) is 11.9. The van der Waals surface area contributed by atoms with Crippen LogP contribution < -0.4 is 11.2 Å². The Bertz CT molecular complexity index is 1260. The van der Waals surface area contributed by atoms with E-state index < -0.39 is 61.6 Å². The van der Waals surface area contributed by atoms with Gasteiger partial charge in [-0.3, -0.25) is 23.7 Å². The summed E-state index contributed by atoms with van der Waals surface area (Å²) < 4.78 is 50.4. The van der Waals surface area contributed by atoms with Gasteiger partial charge < -0.3 is 23.6 Å². The Morgan fingerprint density at radius 2 is 1.97 bits per heavy atom. The Labute approximate surface area is 213 Å². The number of esters is 1. The zero-order chi connectivity index (χ0) is 27.3. The van der Waals surface area contributed by atoms with Crippen LogP contribution >= 0.6 is 7.60 Å². The van der Waals surface area contributed by atoms with Gasteiger partial charge in [0, 0.05) is 6.42 Å². The zero-order valence-electron chi connectivity index (χ0n) is 21.1. The van der Waals surface area contributed by atoms with Crippen molar-refractivity contribution in [2.45, 2.75) is 65.3 Å². The highest BCUT2D eigenvalue weighted by atomic mass is 31.2. The highest BCUT2D eigenvalue weighted by Crippen LogP contribution is 2.51. The van der Waals surface area contributed by atoms with E-state index in [1.807, 2.05) is 36.2 Å². The number of nitrogens with one attached hydrogen (secondary N) is 1. The molecule has 204 valence electrons. The van der Waals surface area contributed by atoms with Crippen LogP contribution in [0.2, 0.25) is 0 Å². The van der Waals surface area contributed by atoms with Gasteiger partial charge in [-0.2, -0.15) is 4.39 Å². The number of hydrogen-bond acceptors (Lipinski definition) is 9. The average molecular weight is 542 g/mol. The Kier molecular flexibility index (Phi) is 9.60. The first-order valence-corrected chi connectivity index (χ1v) is 13.6. The van der Waals surface area contributed by atoms with Crippen LogP contribution in [0.15, 0.2) is 40.1 Å². The molecule has 4 unspecified atom stereocenters. The molecule has 0 radical (unpaired) electrons. The number of benzene rings is 1. The summed E-state index contributed by atoms with van der Waals surface area (Å²) in [5.41, 5.74) is -0.385. The van der Waals surface area contributed by atoms with Crippen LogP contribution in [0, 0.1) is 18.7 Å². The molecule has 2 heterocycles.